The van der Waals surface area contributed by atoms with Gasteiger partial charge in [-0.3, -0.25) is 0 Å². The first-order chi connectivity index (χ1) is 3.80. The van der Waals surface area contributed by atoms with Crippen molar-refractivity contribution in [1.29, 1.82) is 0 Å². The monoisotopic (exact) mass is 276 g/mol. The van der Waals surface area contributed by atoms with Crippen molar-refractivity contribution in [3.63, 3.8) is 0 Å². The molecule has 0 aromatic heterocycles. The van der Waals surface area contributed by atoms with Gasteiger partial charge in [0.1, 0.15) is 0 Å². The Morgan fingerprint density at radius 3 is 2.40 bits per heavy atom. The van der Waals surface area contributed by atoms with Crippen molar-refractivity contribution in [2.75, 3.05) is 0 Å². The second kappa shape index (κ2) is 6.58. The predicted molar refractivity (Wildman–Crippen MR) is 38.7 cm³/mol. The van der Waals surface area contributed by atoms with E-state index < -0.39 is 0 Å². The molecule has 50 valence electrons. The summed E-state index contributed by atoms with van der Waals surface area (Å²) in [6.45, 7) is 0. The molecule has 0 radical (unpaired) electrons. The fourth-order valence-corrected chi connectivity index (χ4v) is 0.655. The molecule has 1 aromatic rings. The molecular weight excluding hydrogens is 275 g/mol. The van der Waals surface area contributed by atoms with Crippen LogP contribution in [0.15, 0.2) is 22.7 Å². The SMILES string of the molecule is Fc1cc[c-]cc1Br.[Br-].[Mg+2]. The molecule has 10 heavy (non-hydrogen) atoms. The molecule has 0 nitrogen and oxygen atoms in total. The third-order valence-corrected chi connectivity index (χ3v) is 1.37. The molecule has 0 atom stereocenters. The Hall–Kier alpha value is 0.876. The smallest absolute Gasteiger partial charge is 1.00 e. The molecule has 0 aliphatic heterocycles. The van der Waals surface area contributed by atoms with E-state index in [9.17, 15) is 4.39 Å². The summed E-state index contributed by atoms with van der Waals surface area (Å²) in [5, 5.41) is 0. The summed E-state index contributed by atoms with van der Waals surface area (Å²) in [6.07, 6.45) is 0. The molecule has 0 saturated heterocycles. The van der Waals surface area contributed by atoms with E-state index in [0.29, 0.717) is 4.47 Å². The van der Waals surface area contributed by atoms with E-state index >= 15 is 0 Å². The van der Waals surface area contributed by atoms with Crippen LogP contribution in [0.3, 0.4) is 0 Å². The normalized spacial score (nSPS) is 7.40. The van der Waals surface area contributed by atoms with Crippen LogP contribution in [0.1, 0.15) is 0 Å². The second-order valence-electron chi connectivity index (χ2n) is 1.34. The van der Waals surface area contributed by atoms with E-state index in [4.69, 9.17) is 0 Å². The van der Waals surface area contributed by atoms with Gasteiger partial charge in [0, 0.05) is 5.82 Å². The number of rotatable bonds is 0. The molecule has 0 spiro atoms. The van der Waals surface area contributed by atoms with Crippen LogP contribution in [0.25, 0.3) is 0 Å². The molecule has 0 amide bonds. The first kappa shape index (κ1) is 13.5. The summed E-state index contributed by atoms with van der Waals surface area (Å²) in [7, 11) is 0. The van der Waals surface area contributed by atoms with Gasteiger partial charge in [0.25, 0.3) is 0 Å². The van der Waals surface area contributed by atoms with E-state index in [1.54, 1.807) is 0 Å². The van der Waals surface area contributed by atoms with Crippen LogP contribution in [-0.2, 0) is 0 Å². The summed E-state index contributed by atoms with van der Waals surface area (Å²) in [4.78, 5) is 0. The molecule has 0 aliphatic carbocycles. The van der Waals surface area contributed by atoms with E-state index in [1.165, 1.54) is 18.2 Å². The third-order valence-electron chi connectivity index (χ3n) is 0.764. The number of hydrogen-bond acceptors (Lipinski definition) is 0. The van der Waals surface area contributed by atoms with Crippen LogP contribution >= 0.6 is 15.9 Å². The first-order valence-corrected chi connectivity index (χ1v) is 2.91. The molecule has 4 heteroatoms. The van der Waals surface area contributed by atoms with Crippen molar-refractivity contribution in [2.24, 2.45) is 0 Å². The summed E-state index contributed by atoms with van der Waals surface area (Å²) in [6, 6.07) is 7.13. The number of benzene rings is 1. The van der Waals surface area contributed by atoms with Crippen LogP contribution in [0, 0.1) is 11.9 Å². The van der Waals surface area contributed by atoms with Gasteiger partial charge in [0.05, 0.1) is 0 Å². The van der Waals surface area contributed by atoms with Gasteiger partial charge < -0.3 is 17.0 Å². The minimum Gasteiger partial charge on any atom is -1.00 e. The first-order valence-electron chi connectivity index (χ1n) is 2.12. The maximum atomic E-state index is 12.3. The molecule has 0 bridgehead atoms. The van der Waals surface area contributed by atoms with Crippen LogP contribution in [0.5, 0.6) is 0 Å². The Labute approximate surface area is 94.2 Å². The van der Waals surface area contributed by atoms with E-state index in [-0.39, 0.29) is 45.9 Å². The Balaban J connectivity index is 0. The van der Waals surface area contributed by atoms with Gasteiger partial charge in [-0.15, -0.1) is 22.0 Å². The van der Waals surface area contributed by atoms with Crippen molar-refractivity contribution in [3.05, 3.63) is 34.6 Å². The van der Waals surface area contributed by atoms with Crippen molar-refractivity contribution in [1.82, 2.24) is 0 Å². The molecule has 0 aliphatic rings. The quantitative estimate of drug-likeness (QED) is 0.422. The molecule has 1 aromatic carbocycles. The molecule has 0 heterocycles. The van der Waals surface area contributed by atoms with Gasteiger partial charge in [-0.2, -0.15) is 18.2 Å². The zero-order valence-corrected chi connectivity index (χ0v) is 9.66. The Bertz CT molecular complexity index is 172. The summed E-state index contributed by atoms with van der Waals surface area (Å²) >= 11 is 2.99. The summed E-state index contributed by atoms with van der Waals surface area (Å²) in [5.74, 6) is -0.247. The Morgan fingerprint density at radius 1 is 1.50 bits per heavy atom. The van der Waals surface area contributed by atoms with Crippen LogP contribution < -0.4 is 17.0 Å². The van der Waals surface area contributed by atoms with Crippen LogP contribution in [0.2, 0.25) is 0 Å². The fraction of sp³-hybridized carbons (Fsp3) is 0. The van der Waals surface area contributed by atoms with Crippen molar-refractivity contribution >= 4 is 39.0 Å². The van der Waals surface area contributed by atoms with Gasteiger partial charge in [0.15, 0.2) is 0 Å². The maximum Gasteiger partial charge on any atom is 2.00 e. The van der Waals surface area contributed by atoms with Crippen LogP contribution in [0.4, 0.5) is 4.39 Å². The van der Waals surface area contributed by atoms with Gasteiger partial charge in [-0.25, -0.2) is 4.39 Å². The van der Waals surface area contributed by atoms with Gasteiger partial charge in [0.2, 0.25) is 0 Å². The fourth-order valence-electron chi connectivity index (χ4n) is 0.391. The second-order valence-corrected chi connectivity index (χ2v) is 2.19. The Kier molecular flexibility index (Phi) is 8.86. The molecule has 1 rings (SSSR count). The van der Waals surface area contributed by atoms with Crippen LogP contribution in [-0.4, -0.2) is 23.1 Å². The summed E-state index contributed by atoms with van der Waals surface area (Å²) < 4.78 is 12.7. The van der Waals surface area contributed by atoms with E-state index in [2.05, 4.69) is 22.0 Å². The Morgan fingerprint density at radius 2 is 2.10 bits per heavy atom. The number of hydrogen-bond donors (Lipinski definition) is 0. The zero-order valence-electron chi connectivity index (χ0n) is 5.07. The standard InChI is InChI=1S/C6H3BrF.BrH.Mg/c7-5-3-1-2-4-6(5)8;;/h2-4H;1H;/q-1;;+2/p-1. The maximum absolute atomic E-state index is 12.3. The predicted octanol–water partition coefficient (Wildman–Crippen LogP) is -0.988. The largest absolute Gasteiger partial charge is 2.00 e. The van der Waals surface area contributed by atoms with Crippen molar-refractivity contribution in [3.8, 4) is 0 Å². The number of halogens is 3. The third kappa shape index (κ3) is 3.90. The molecule has 0 N–H and O–H groups in total. The molecular formula is C6H3Br2FMg. The average molecular weight is 278 g/mol. The molecule has 0 fully saturated rings. The van der Waals surface area contributed by atoms with Gasteiger partial charge in [-0.05, 0) is 0 Å². The average Bonchev–Trinajstić information content (AvgIpc) is 1.77. The van der Waals surface area contributed by atoms with E-state index in [1.807, 2.05) is 0 Å². The zero-order chi connectivity index (χ0) is 5.98. The van der Waals surface area contributed by atoms with Gasteiger partial charge in [-0.1, -0.05) is 4.47 Å². The molecule has 0 saturated carbocycles. The minimum atomic E-state index is -0.247. The van der Waals surface area contributed by atoms with E-state index in [0.717, 1.165) is 0 Å². The minimum absolute atomic E-state index is 0. The van der Waals surface area contributed by atoms with Crippen molar-refractivity contribution < 1.29 is 21.4 Å². The molecule has 0 unspecified atom stereocenters. The summed E-state index contributed by atoms with van der Waals surface area (Å²) in [5.41, 5.74) is 0. The van der Waals surface area contributed by atoms with Gasteiger partial charge >= 0.3 is 23.1 Å². The topological polar surface area (TPSA) is 0 Å². The van der Waals surface area contributed by atoms with Crippen molar-refractivity contribution in [2.45, 2.75) is 0 Å².